The van der Waals surface area contributed by atoms with Crippen LogP contribution in [-0.2, 0) is 6.54 Å². The summed E-state index contributed by atoms with van der Waals surface area (Å²) in [5, 5.41) is 0.724. The van der Waals surface area contributed by atoms with Crippen LogP contribution in [0.25, 0.3) is 22.3 Å². The molecule has 3 aromatic rings. The van der Waals surface area contributed by atoms with Crippen molar-refractivity contribution in [3.05, 3.63) is 83.4 Å². The van der Waals surface area contributed by atoms with Crippen LogP contribution in [0.4, 0.5) is 0 Å². The first-order valence-electron chi connectivity index (χ1n) is 6.92. The highest BCUT2D eigenvalue weighted by Gasteiger charge is 2.03. The number of benzene rings is 3. The lowest BCUT2D eigenvalue weighted by atomic mass is 9.99. The van der Waals surface area contributed by atoms with E-state index >= 15 is 0 Å². The molecule has 0 radical (unpaired) electrons. The summed E-state index contributed by atoms with van der Waals surface area (Å²) in [6.45, 7) is 0.453. The zero-order chi connectivity index (χ0) is 14.7. The standard InChI is InChI=1S/C19H16ClN/c20-19-11-10-17(12-18(19)13-21)16-8-6-15(7-9-16)14-4-2-1-3-5-14/h1-12H,13,21H2. The predicted octanol–water partition coefficient (Wildman–Crippen LogP) is 5.13. The molecular formula is C19H16ClN. The Balaban J connectivity index is 1.94. The molecule has 0 aliphatic carbocycles. The Bertz CT molecular complexity index is 733. The van der Waals surface area contributed by atoms with Crippen LogP contribution in [0.2, 0.25) is 5.02 Å². The average Bonchev–Trinajstić information content (AvgIpc) is 2.56. The van der Waals surface area contributed by atoms with Gasteiger partial charge in [-0.15, -0.1) is 0 Å². The smallest absolute Gasteiger partial charge is 0.0451 e. The fourth-order valence-corrected chi connectivity index (χ4v) is 2.59. The van der Waals surface area contributed by atoms with Crippen molar-refractivity contribution < 1.29 is 0 Å². The van der Waals surface area contributed by atoms with Gasteiger partial charge in [-0.3, -0.25) is 0 Å². The van der Waals surface area contributed by atoms with Crippen LogP contribution >= 0.6 is 11.6 Å². The van der Waals surface area contributed by atoms with Crippen LogP contribution in [0.15, 0.2) is 72.8 Å². The van der Waals surface area contributed by atoms with E-state index in [0.29, 0.717) is 6.54 Å². The van der Waals surface area contributed by atoms with Crippen molar-refractivity contribution in [3.63, 3.8) is 0 Å². The highest BCUT2D eigenvalue weighted by molar-refractivity contribution is 6.31. The van der Waals surface area contributed by atoms with Crippen molar-refractivity contribution in [2.24, 2.45) is 5.73 Å². The van der Waals surface area contributed by atoms with Crippen molar-refractivity contribution in [2.45, 2.75) is 6.54 Å². The third kappa shape index (κ3) is 2.99. The minimum atomic E-state index is 0.453. The number of hydrogen-bond donors (Lipinski definition) is 1. The van der Waals surface area contributed by atoms with Gasteiger partial charge in [0.25, 0.3) is 0 Å². The van der Waals surface area contributed by atoms with Gasteiger partial charge >= 0.3 is 0 Å². The largest absolute Gasteiger partial charge is 0.326 e. The first kappa shape index (κ1) is 13.9. The SMILES string of the molecule is NCc1cc(-c2ccc(-c3ccccc3)cc2)ccc1Cl. The van der Waals surface area contributed by atoms with Gasteiger partial charge in [-0.1, -0.05) is 72.3 Å². The second kappa shape index (κ2) is 6.13. The fraction of sp³-hybridized carbons (Fsp3) is 0.0526. The van der Waals surface area contributed by atoms with Crippen LogP contribution in [0.1, 0.15) is 5.56 Å². The van der Waals surface area contributed by atoms with Gasteiger partial charge in [0, 0.05) is 11.6 Å². The molecule has 0 atom stereocenters. The molecule has 1 nitrogen and oxygen atoms in total. The number of halogens is 1. The second-order valence-corrected chi connectivity index (χ2v) is 5.36. The third-order valence-electron chi connectivity index (χ3n) is 3.59. The highest BCUT2D eigenvalue weighted by Crippen LogP contribution is 2.27. The molecule has 0 unspecified atom stereocenters. The van der Waals surface area contributed by atoms with Gasteiger partial charge in [-0.25, -0.2) is 0 Å². The summed E-state index contributed by atoms with van der Waals surface area (Å²) < 4.78 is 0. The Morgan fingerprint density at radius 2 is 1.19 bits per heavy atom. The summed E-state index contributed by atoms with van der Waals surface area (Å²) in [4.78, 5) is 0. The molecule has 2 heteroatoms. The van der Waals surface area contributed by atoms with Gasteiger partial charge < -0.3 is 5.73 Å². The zero-order valence-corrected chi connectivity index (χ0v) is 12.3. The van der Waals surface area contributed by atoms with E-state index in [-0.39, 0.29) is 0 Å². The third-order valence-corrected chi connectivity index (χ3v) is 3.96. The zero-order valence-electron chi connectivity index (χ0n) is 11.6. The Hall–Kier alpha value is -2.09. The predicted molar refractivity (Wildman–Crippen MR) is 90.2 cm³/mol. The lowest BCUT2D eigenvalue weighted by Gasteiger charge is -2.08. The maximum atomic E-state index is 6.11. The molecule has 0 fully saturated rings. The molecular weight excluding hydrogens is 278 g/mol. The Morgan fingerprint density at radius 3 is 1.81 bits per heavy atom. The minimum Gasteiger partial charge on any atom is -0.326 e. The molecule has 3 rings (SSSR count). The highest BCUT2D eigenvalue weighted by atomic mass is 35.5. The summed E-state index contributed by atoms with van der Waals surface area (Å²) in [6, 6.07) is 24.9. The number of hydrogen-bond acceptors (Lipinski definition) is 1. The van der Waals surface area contributed by atoms with E-state index in [1.54, 1.807) is 0 Å². The van der Waals surface area contributed by atoms with Crippen LogP contribution in [0, 0.1) is 0 Å². The first-order chi connectivity index (χ1) is 10.3. The van der Waals surface area contributed by atoms with E-state index in [1.807, 2.05) is 18.2 Å². The molecule has 0 aliphatic rings. The molecule has 3 aromatic carbocycles. The van der Waals surface area contributed by atoms with Gasteiger partial charge in [0.15, 0.2) is 0 Å². The molecule has 0 amide bonds. The van der Waals surface area contributed by atoms with E-state index in [4.69, 9.17) is 17.3 Å². The minimum absolute atomic E-state index is 0.453. The molecule has 0 bridgehead atoms. The van der Waals surface area contributed by atoms with Crippen molar-refractivity contribution in [1.29, 1.82) is 0 Å². The summed E-state index contributed by atoms with van der Waals surface area (Å²) in [7, 11) is 0. The van der Waals surface area contributed by atoms with Crippen LogP contribution < -0.4 is 5.73 Å². The summed E-state index contributed by atoms with van der Waals surface area (Å²) in [6.07, 6.45) is 0. The van der Waals surface area contributed by atoms with Gasteiger partial charge in [0.2, 0.25) is 0 Å². The van der Waals surface area contributed by atoms with E-state index < -0.39 is 0 Å². The molecule has 0 saturated carbocycles. The second-order valence-electron chi connectivity index (χ2n) is 4.95. The Labute approximate surface area is 130 Å². The fourth-order valence-electron chi connectivity index (χ4n) is 2.40. The van der Waals surface area contributed by atoms with Gasteiger partial charge in [-0.2, -0.15) is 0 Å². The molecule has 0 aromatic heterocycles. The quantitative estimate of drug-likeness (QED) is 0.711. The molecule has 0 saturated heterocycles. The Kier molecular flexibility index (Phi) is 4.05. The van der Waals surface area contributed by atoms with Crippen molar-refractivity contribution in [1.82, 2.24) is 0 Å². The summed E-state index contributed by atoms with van der Waals surface area (Å²) in [5.74, 6) is 0. The van der Waals surface area contributed by atoms with Gasteiger partial charge in [0.1, 0.15) is 0 Å². The molecule has 0 aliphatic heterocycles. The van der Waals surface area contributed by atoms with E-state index in [0.717, 1.165) is 16.1 Å². The van der Waals surface area contributed by atoms with Crippen molar-refractivity contribution in [3.8, 4) is 22.3 Å². The average molecular weight is 294 g/mol. The lowest BCUT2D eigenvalue weighted by molar-refractivity contribution is 1.07. The monoisotopic (exact) mass is 293 g/mol. The number of rotatable bonds is 3. The molecule has 2 N–H and O–H groups in total. The van der Waals surface area contributed by atoms with E-state index in [2.05, 4.69) is 54.6 Å². The molecule has 0 spiro atoms. The van der Waals surface area contributed by atoms with Crippen molar-refractivity contribution >= 4 is 11.6 Å². The van der Waals surface area contributed by atoms with Crippen LogP contribution in [0.3, 0.4) is 0 Å². The van der Waals surface area contributed by atoms with Crippen LogP contribution in [0.5, 0.6) is 0 Å². The Morgan fingerprint density at radius 1 is 0.667 bits per heavy atom. The maximum Gasteiger partial charge on any atom is 0.0451 e. The van der Waals surface area contributed by atoms with Crippen LogP contribution in [-0.4, -0.2) is 0 Å². The summed E-state index contributed by atoms with van der Waals surface area (Å²) >= 11 is 6.11. The topological polar surface area (TPSA) is 26.0 Å². The molecule has 0 heterocycles. The normalized spacial score (nSPS) is 10.6. The van der Waals surface area contributed by atoms with Gasteiger partial charge in [0.05, 0.1) is 0 Å². The molecule has 104 valence electrons. The lowest BCUT2D eigenvalue weighted by Crippen LogP contribution is -1.97. The maximum absolute atomic E-state index is 6.11. The first-order valence-corrected chi connectivity index (χ1v) is 7.30. The van der Waals surface area contributed by atoms with E-state index in [1.165, 1.54) is 16.7 Å². The number of nitrogens with two attached hydrogens (primary N) is 1. The van der Waals surface area contributed by atoms with Gasteiger partial charge in [-0.05, 0) is 39.9 Å². The summed E-state index contributed by atoms with van der Waals surface area (Å²) in [5.41, 5.74) is 11.4. The van der Waals surface area contributed by atoms with E-state index in [9.17, 15) is 0 Å². The van der Waals surface area contributed by atoms with Crippen molar-refractivity contribution in [2.75, 3.05) is 0 Å². The molecule has 21 heavy (non-hydrogen) atoms.